The van der Waals surface area contributed by atoms with Gasteiger partial charge in [0.1, 0.15) is 4.90 Å². The first kappa shape index (κ1) is 11.7. The number of rotatable bonds is 3. The third-order valence-electron chi connectivity index (χ3n) is 1.74. The van der Waals surface area contributed by atoms with E-state index in [4.69, 9.17) is 10.2 Å². The molecule has 0 atom stereocenters. The van der Waals surface area contributed by atoms with E-state index in [1.807, 2.05) is 0 Å². The Hall–Kier alpha value is -1.41. The second-order valence-electron chi connectivity index (χ2n) is 3.27. The zero-order valence-corrected chi connectivity index (χ0v) is 9.02. The fraction of sp³-hybridized carbons (Fsp3) is 0.429. The monoisotopic (exact) mass is 233 g/mol. The molecule has 8 heteroatoms. The van der Waals surface area contributed by atoms with Crippen LogP contribution < -0.4 is 5.14 Å². The zero-order chi connectivity index (χ0) is 11.8. The van der Waals surface area contributed by atoms with Crippen LogP contribution in [-0.2, 0) is 10.0 Å². The molecule has 0 aliphatic heterocycles. The van der Waals surface area contributed by atoms with Gasteiger partial charge in [0.15, 0.2) is 5.69 Å². The number of nitrogens with zero attached hydrogens (tertiary/aromatic N) is 2. The SMILES string of the molecule is CC(C)n1cc(S(N)(=O)=O)c(C(=O)O)n1. The van der Waals surface area contributed by atoms with Gasteiger partial charge in [-0.2, -0.15) is 5.10 Å². The molecule has 1 rings (SSSR count). The molecule has 0 aliphatic carbocycles. The van der Waals surface area contributed by atoms with E-state index in [2.05, 4.69) is 5.10 Å². The molecule has 0 unspecified atom stereocenters. The largest absolute Gasteiger partial charge is 0.476 e. The van der Waals surface area contributed by atoms with Gasteiger partial charge in [0.2, 0.25) is 10.0 Å². The number of hydrogen-bond donors (Lipinski definition) is 2. The molecule has 0 saturated heterocycles. The summed E-state index contributed by atoms with van der Waals surface area (Å²) < 4.78 is 23.3. The maximum atomic E-state index is 11.1. The average molecular weight is 233 g/mol. The third kappa shape index (κ3) is 2.34. The Morgan fingerprint density at radius 3 is 2.40 bits per heavy atom. The Balaban J connectivity index is 3.44. The van der Waals surface area contributed by atoms with Crippen molar-refractivity contribution in [1.29, 1.82) is 0 Å². The second-order valence-corrected chi connectivity index (χ2v) is 4.80. The lowest BCUT2D eigenvalue weighted by atomic mass is 10.4. The number of aromatic carboxylic acids is 1. The summed E-state index contributed by atoms with van der Waals surface area (Å²) in [5, 5.41) is 17.2. The predicted octanol–water partition coefficient (Wildman–Crippen LogP) is -0.190. The molecule has 1 heterocycles. The number of carbonyl (C=O) groups is 1. The first-order valence-electron chi connectivity index (χ1n) is 4.08. The lowest BCUT2D eigenvalue weighted by molar-refractivity contribution is 0.0685. The number of carboxylic acids is 1. The molecule has 0 aromatic carbocycles. The van der Waals surface area contributed by atoms with Crippen molar-refractivity contribution < 1.29 is 18.3 Å². The van der Waals surface area contributed by atoms with Crippen molar-refractivity contribution in [3.05, 3.63) is 11.9 Å². The first-order valence-corrected chi connectivity index (χ1v) is 5.63. The van der Waals surface area contributed by atoms with Gasteiger partial charge < -0.3 is 5.11 Å². The highest BCUT2D eigenvalue weighted by atomic mass is 32.2. The molecule has 0 bridgehead atoms. The van der Waals surface area contributed by atoms with Crippen LogP contribution in [0.4, 0.5) is 0 Å². The molecule has 84 valence electrons. The number of hydrogen-bond acceptors (Lipinski definition) is 4. The third-order valence-corrected chi connectivity index (χ3v) is 2.65. The summed E-state index contributed by atoms with van der Waals surface area (Å²) >= 11 is 0. The summed E-state index contributed by atoms with van der Waals surface area (Å²) in [5.74, 6) is -1.42. The lowest BCUT2D eigenvalue weighted by Gasteiger charge is -2.02. The zero-order valence-electron chi connectivity index (χ0n) is 8.21. The fourth-order valence-corrected chi connectivity index (χ4v) is 1.65. The Morgan fingerprint density at radius 1 is 1.60 bits per heavy atom. The standard InChI is InChI=1S/C7H11N3O4S/c1-4(2)10-3-5(15(8,13)14)6(9-10)7(11)12/h3-4H,1-2H3,(H,11,12)(H2,8,13,14). The molecule has 0 fully saturated rings. The highest BCUT2D eigenvalue weighted by molar-refractivity contribution is 7.89. The summed E-state index contributed by atoms with van der Waals surface area (Å²) in [6, 6.07) is -0.140. The van der Waals surface area contributed by atoms with Crippen LogP contribution in [-0.4, -0.2) is 29.3 Å². The molecule has 3 N–H and O–H groups in total. The minimum atomic E-state index is -4.06. The lowest BCUT2D eigenvalue weighted by Crippen LogP contribution is -2.15. The van der Waals surface area contributed by atoms with E-state index in [9.17, 15) is 13.2 Å². The van der Waals surface area contributed by atoms with E-state index in [0.717, 1.165) is 6.20 Å². The summed E-state index contributed by atoms with van der Waals surface area (Å²) in [4.78, 5) is 10.2. The van der Waals surface area contributed by atoms with E-state index >= 15 is 0 Å². The van der Waals surface area contributed by atoms with Crippen molar-refractivity contribution in [3.8, 4) is 0 Å². The molecule has 0 spiro atoms. The predicted molar refractivity (Wildman–Crippen MR) is 50.9 cm³/mol. The molecule has 0 radical (unpaired) electrons. The highest BCUT2D eigenvalue weighted by Crippen LogP contribution is 2.15. The summed E-state index contributed by atoms with van der Waals surface area (Å²) in [6.45, 7) is 3.48. The van der Waals surface area contributed by atoms with Gasteiger partial charge in [-0.1, -0.05) is 0 Å². The van der Waals surface area contributed by atoms with Crippen LogP contribution in [0.3, 0.4) is 0 Å². The van der Waals surface area contributed by atoms with Crippen LogP contribution >= 0.6 is 0 Å². The molecule has 1 aromatic rings. The first-order chi connectivity index (χ1) is 6.73. The molecule has 0 saturated carbocycles. The van der Waals surface area contributed by atoms with Crippen molar-refractivity contribution in [1.82, 2.24) is 9.78 Å². The molecule has 0 aliphatic rings. The van der Waals surface area contributed by atoms with E-state index < -0.39 is 26.6 Å². The van der Waals surface area contributed by atoms with Crippen molar-refractivity contribution >= 4 is 16.0 Å². The van der Waals surface area contributed by atoms with Crippen molar-refractivity contribution in [2.45, 2.75) is 24.8 Å². The number of sulfonamides is 1. The maximum Gasteiger partial charge on any atom is 0.357 e. The van der Waals surface area contributed by atoms with Crippen LogP contribution in [0, 0.1) is 0 Å². The average Bonchev–Trinajstić information content (AvgIpc) is 2.45. The van der Waals surface area contributed by atoms with E-state index in [0.29, 0.717) is 0 Å². The van der Waals surface area contributed by atoms with Crippen molar-refractivity contribution in [2.24, 2.45) is 5.14 Å². The van der Waals surface area contributed by atoms with E-state index in [1.165, 1.54) is 4.68 Å². The minimum Gasteiger partial charge on any atom is -0.476 e. The van der Waals surface area contributed by atoms with Crippen molar-refractivity contribution in [2.75, 3.05) is 0 Å². The van der Waals surface area contributed by atoms with Crippen LogP contribution in [0.15, 0.2) is 11.1 Å². The fourth-order valence-electron chi connectivity index (χ4n) is 0.996. The quantitative estimate of drug-likeness (QED) is 0.750. The van der Waals surface area contributed by atoms with Gasteiger partial charge in [-0.15, -0.1) is 0 Å². The molecule has 7 nitrogen and oxygen atoms in total. The molecule has 1 aromatic heterocycles. The van der Waals surface area contributed by atoms with Gasteiger partial charge in [-0.3, -0.25) is 4.68 Å². The molecular weight excluding hydrogens is 222 g/mol. The summed E-state index contributed by atoms with van der Waals surface area (Å²) in [6.07, 6.45) is 1.11. The van der Waals surface area contributed by atoms with Gasteiger partial charge in [-0.05, 0) is 13.8 Å². The van der Waals surface area contributed by atoms with Gasteiger partial charge in [0.25, 0.3) is 0 Å². The highest BCUT2D eigenvalue weighted by Gasteiger charge is 2.24. The molecular formula is C7H11N3O4S. The van der Waals surface area contributed by atoms with Crippen LogP contribution in [0.25, 0.3) is 0 Å². The number of carboxylic acid groups (broad SMARTS) is 1. The van der Waals surface area contributed by atoms with Crippen LogP contribution in [0.1, 0.15) is 30.4 Å². The number of primary sulfonamides is 1. The Morgan fingerprint density at radius 2 is 2.13 bits per heavy atom. The minimum absolute atomic E-state index is 0.140. The Bertz CT molecular complexity index is 488. The van der Waals surface area contributed by atoms with E-state index in [1.54, 1.807) is 13.8 Å². The van der Waals surface area contributed by atoms with Crippen molar-refractivity contribution in [3.63, 3.8) is 0 Å². The van der Waals surface area contributed by atoms with Crippen LogP contribution in [0.2, 0.25) is 0 Å². The molecule has 15 heavy (non-hydrogen) atoms. The topological polar surface area (TPSA) is 115 Å². The Labute approximate surface area is 86.6 Å². The normalized spacial score (nSPS) is 12.0. The van der Waals surface area contributed by atoms with Gasteiger partial charge in [0.05, 0.1) is 0 Å². The number of aromatic nitrogens is 2. The smallest absolute Gasteiger partial charge is 0.357 e. The second kappa shape index (κ2) is 3.63. The maximum absolute atomic E-state index is 11.1. The summed E-state index contributed by atoms with van der Waals surface area (Å²) in [5.41, 5.74) is -0.550. The van der Waals surface area contributed by atoms with Crippen LogP contribution in [0.5, 0.6) is 0 Å². The van der Waals surface area contributed by atoms with Gasteiger partial charge in [-0.25, -0.2) is 18.4 Å². The van der Waals surface area contributed by atoms with Gasteiger partial charge in [0, 0.05) is 12.2 Å². The molecule has 0 amide bonds. The summed E-state index contributed by atoms with van der Waals surface area (Å²) in [7, 11) is -4.06. The number of nitrogens with two attached hydrogens (primary N) is 1. The van der Waals surface area contributed by atoms with Gasteiger partial charge >= 0.3 is 5.97 Å². The van der Waals surface area contributed by atoms with E-state index in [-0.39, 0.29) is 6.04 Å². The Kier molecular flexibility index (Phi) is 2.82.